The summed E-state index contributed by atoms with van der Waals surface area (Å²) in [4.78, 5) is 0.279. The van der Waals surface area contributed by atoms with Gasteiger partial charge in [0.25, 0.3) is 0 Å². The van der Waals surface area contributed by atoms with Crippen LogP contribution in [-0.2, 0) is 10.0 Å². The summed E-state index contributed by atoms with van der Waals surface area (Å²) in [5.41, 5.74) is 0.589. The van der Waals surface area contributed by atoms with Gasteiger partial charge in [0.15, 0.2) is 0 Å². The number of H-pyrrole nitrogens is 1. The molecular weight excluding hydrogens is 228 g/mol. The molecule has 0 radical (unpaired) electrons. The minimum atomic E-state index is -3.38. The van der Waals surface area contributed by atoms with E-state index in [2.05, 4.69) is 15.5 Å². The van der Waals surface area contributed by atoms with Crippen LogP contribution in [0.1, 0.15) is 12.6 Å². The molecule has 0 amide bonds. The van der Waals surface area contributed by atoms with E-state index < -0.39 is 10.0 Å². The van der Waals surface area contributed by atoms with Crippen LogP contribution in [0.3, 0.4) is 0 Å². The number of aromatic amines is 1. The number of hydrogen-bond donors (Lipinski definition) is 2. The van der Waals surface area contributed by atoms with Crippen LogP contribution in [0.5, 0.6) is 0 Å². The highest BCUT2D eigenvalue weighted by molar-refractivity contribution is 7.89. The Morgan fingerprint density at radius 1 is 1.56 bits per heavy atom. The quantitative estimate of drug-likeness (QED) is 0.749. The molecule has 0 bridgehead atoms. The summed E-state index contributed by atoms with van der Waals surface area (Å²) >= 11 is 0. The molecule has 90 valence electrons. The Balaban J connectivity index is 2.29. The van der Waals surface area contributed by atoms with Gasteiger partial charge in [-0.1, -0.05) is 0 Å². The topological polar surface area (TPSA) is 78.1 Å². The predicted octanol–water partition coefficient (Wildman–Crippen LogP) is -0.299. The second-order valence-electron chi connectivity index (χ2n) is 4.08. The molecule has 1 fully saturated rings. The molecule has 1 aromatic heterocycles. The van der Waals surface area contributed by atoms with Crippen LogP contribution in [-0.4, -0.2) is 48.6 Å². The second-order valence-corrected chi connectivity index (χ2v) is 5.98. The number of aromatic nitrogens is 2. The van der Waals surface area contributed by atoms with E-state index in [4.69, 9.17) is 0 Å². The van der Waals surface area contributed by atoms with Gasteiger partial charge in [0, 0.05) is 25.7 Å². The number of hydrogen-bond acceptors (Lipinski definition) is 4. The van der Waals surface area contributed by atoms with Gasteiger partial charge in [0.05, 0.1) is 11.9 Å². The van der Waals surface area contributed by atoms with Gasteiger partial charge in [-0.05, 0) is 13.8 Å². The van der Waals surface area contributed by atoms with Crippen molar-refractivity contribution in [2.45, 2.75) is 24.8 Å². The van der Waals surface area contributed by atoms with Crippen LogP contribution >= 0.6 is 0 Å². The minimum absolute atomic E-state index is 0.190. The van der Waals surface area contributed by atoms with Crippen molar-refractivity contribution in [3.8, 4) is 0 Å². The second kappa shape index (κ2) is 4.15. The van der Waals surface area contributed by atoms with E-state index in [-0.39, 0.29) is 10.9 Å². The van der Waals surface area contributed by atoms with E-state index >= 15 is 0 Å². The first-order valence-corrected chi connectivity index (χ1v) is 6.69. The highest BCUT2D eigenvalue weighted by atomic mass is 32.2. The molecule has 0 unspecified atom stereocenters. The number of piperazine rings is 1. The summed E-state index contributed by atoms with van der Waals surface area (Å²) in [7, 11) is -3.38. The largest absolute Gasteiger partial charge is 0.312 e. The first-order chi connectivity index (χ1) is 7.51. The van der Waals surface area contributed by atoms with Crippen molar-refractivity contribution >= 4 is 10.0 Å². The summed E-state index contributed by atoms with van der Waals surface area (Å²) in [6.07, 6.45) is 1.37. The molecule has 0 aromatic carbocycles. The van der Waals surface area contributed by atoms with Crippen molar-refractivity contribution in [1.82, 2.24) is 19.8 Å². The molecule has 1 aliphatic rings. The zero-order chi connectivity index (χ0) is 11.8. The molecule has 2 N–H and O–H groups in total. The van der Waals surface area contributed by atoms with Gasteiger partial charge in [-0.3, -0.25) is 5.10 Å². The van der Waals surface area contributed by atoms with E-state index in [0.29, 0.717) is 25.3 Å². The molecule has 1 saturated heterocycles. The maximum atomic E-state index is 12.3. The van der Waals surface area contributed by atoms with Crippen molar-refractivity contribution in [2.24, 2.45) is 0 Å². The third-order valence-corrected chi connectivity index (χ3v) is 4.71. The standard InChI is InChI=1S/C9H16N4O2S/c1-7-6-13(4-3-10-7)16(14,15)9-5-11-12-8(9)2/h5,7,10H,3-4,6H2,1-2H3,(H,11,12)/t7-/m0/s1. The minimum Gasteiger partial charge on any atom is -0.312 e. The highest BCUT2D eigenvalue weighted by Gasteiger charge is 2.30. The lowest BCUT2D eigenvalue weighted by Crippen LogP contribution is -2.51. The lowest BCUT2D eigenvalue weighted by Gasteiger charge is -2.30. The van der Waals surface area contributed by atoms with Gasteiger partial charge in [-0.15, -0.1) is 0 Å². The average Bonchev–Trinajstić information content (AvgIpc) is 2.65. The first kappa shape index (κ1) is 11.6. The molecule has 0 aliphatic carbocycles. The Morgan fingerprint density at radius 3 is 2.88 bits per heavy atom. The maximum absolute atomic E-state index is 12.3. The van der Waals surface area contributed by atoms with Crippen LogP contribution in [0, 0.1) is 6.92 Å². The third kappa shape index (κ3) is 1.98. The Kier molecular flexibility index (Phi) is 3.00. The molecule has 1 atom stereocenters. The molecule has 1 aromatic rings. The van der Waals surface area contributed by atoms with Gasteiger partial charge < -0.3 is 5.32 Å². The summed E-state index contributed by atoms with van der Waals surface area (Å²) < 4.78 is 26.0. The SMILES string of the molecule is Cc1[nH]ncc1S(=O)(=O)N1CCN[C@@H](C)C1. The van der Waals surface area contributed by atoms with E-state index in [0.717, 1.165) is 0 Å². The maximum Gasteiger partial charge on any atom is 0.246 e. The summed E-state index contributed by atoms with van der Waals surface area (Å²) in [6, 6.07) is 0.190. The van der Waals surface area contributed by atoms with E-state index in [1.54, 1.807) is 6.92 Å². The Hall–Kier alpha value is -0.920. The van der Waals surface area contributed by atoms with Crippen LogP contribution in [0.15, 0.2) is 11.1 Å². The number of nitrogens with zero attached hydrogens (tertiary/aromatic N) is 2. The Labute approximate surface area is 95.1 Å². The van der Waals surface area contributed by atoms with Crippen LogP contribution < -0.4 is 5.32 Å². The highest BCUT2D eigenvalue weighted by Crippen LogP contribution is 2.18. The van der Waals surface area contributed by atoms with E-state index in [1.807, 2.05) is 6.92 Å². The smallest absolute Gasteiger partial charge is 0.246 e. The molecule has 2 rings (SSSR count). The lowest BCUT2D eigenvalue weighted by molar-refractivity contribution is 0.310. The summed E-state index contributed by atoms with van der Waals surface area (Å²) in [6.45, 7) is 5.40. The summed E-state index contributed by atoms with van der Waals surface area (Å²) in [5, 5.41) is 9.62. The van der Waals surface area contributed by atoms with Gasteiger partial charge in [-0.2, -0.15) is 9.40 Å². The number of rotatable bonds is 2. The Bertz CT molecular complexity index is 468. The molecular formula is C9H16N4O2S. The molecule has 1 aliphatic heterocycles. The summed E-state index contributed by atoms with van der Waals surface area (Å²) in [5.74, 6) is 0. The molecule has 0 spiro atoms. The molecule has 2 heterocycles. The Morgan fingerprint density at radius 2 is 2.31 bits per heavy atom. The number of aryl methyl sites for hydroxylation is 1. The van der Waals surface area contributed by atoms with E-state index in [1.165, 1.54) is 10.5 Å². The van der Waals surface area contributed by atoms with Crippen LogP contribution in [0.2, 0.25) is 0 Å². The zero-order valence-electron chi connectivity index (χ0n) is 9.40. The van der Waals surface area contributed by atoms with Gasteiger partial charge in [-0.25, -0.2) is 8.42 Å². The van der Waals surface area contributed by atoms with Gasteiger partial charge >= 0.3 is 0 Å². The lowest BCUT2D eigenvalue weighted by atomic mass is 10.3. The van der Waals surface area contributed by atoms with Crippen molar-refractivity contribution < 1.29 is 8.42 Å². The van der Waals surface area contributed by atoms with E-state index in [9.17, 15) is 8.42 Å². The molecule has 0 saturated carbocycles. The zero-order valence-corrected chi connectivity index (χ0v) is 10.2. The van der Waals surface area contributed by atoms with Crippen molar-refractivity contribution in [3.05, 3.63) is 11.9 Å². The van der Waals surface area contributed by atoms with Gasteiger partial charge in [0.1, 0.15) is 4.90 Å². The third-order valence-electron chi connectivity index (χ3n) is 2.73. The van der Waals surface area contributed by atoms with Crippen LogP contribution in [0.4, 0.5) is 0 Å². The van der Waals surface area contributed by atoms with Crippen molar-refractivity contribution in [2.75, 3.05) is 19.6 Å². The number of nitrogens with one attached hydrogen (secondary N) is 2. The number of sulfonamides is 1. The van der Waals surface area contributed by atoms with Crippen LogP contribution in [0.25, 0.3) is 0 Å². The molecule has 7 heteroatoms. The predicted molar refractivity (Wildman–Crippen MR) is 59.5 cm³/mol. The van der Waals surface area contributed by atoms with Crippen molar-refractivity contribution in [3.63, 3.8) is 0 Å². The molecule has 16 heavy (non-hydrogen) atoms. The van der Waals surface area contributed by atoms with Gasteiger partial charge in [0.2, 0.25) is 10.0 Å². The first-order valence-electron chi connectivity index (χ1n) is 5.25. The molecule has 6 nitrogen and oxygen atoms in total. The fourth-order valence-corrected chi connectivity index (χ4v) is 3.50. The fourth-order valence-electron chi connectivity index (χ4n) is 1.85. The van der Waals surface area contributed by atoms with Crippen molar-refractivity contribution in [1.29, 1.82) is 0 Å². The fraction of sp³-hybridized carbons (Fsp3) is 0.667. The normalized spacial score (nSPS) is 23.5. The monoisotopic (exact) mass is 244 g/mol. The average molecular weight is 244 g/mol.